The van der Waals surface area contributed by atoms with Crippen LogP contribution in [0.4, 0.5) is 0 Å². The smallest absolute Gasteiger partial charge is 0.233 e. The molecule has 0 N–H and O–H groups in total. The summed E-state index contributed by atoms with van der Waals surface area (Å²) >= 11 is 0. The molecule has 7 nitrogen and oxygen atoms in total. The minimum Gasteiger partial charge on any atom is -0.493 e. The highest BCUT2D eigenvalue weighted by Crippen LogP contribution is 2.35. The summed E-state index contributed by atoms with van der Waals surface area (Å²) in [5.41, 5.74) is 0.822. The zero-order valence-electron chi connectivity index (χ0n) is 16.5. The molecule has 28 heavy (non-hydrogen) atoms. The van der Waals surface area contributed by atoms with Gasteiger partial charge in [-0.15, -0.1) is 0 Å². The number of fused-ring (bicyclic) bond motifs is 1. The van der Waals surface area contributed by atoms with Crippen molar-refractivity contribution in [3.63, 3.8) is 0 Å². The number of likely N-dealkylation sites (tertiary alicyclic amines) is 1. The Morgan fingerprint density at radius 3 is 2.32 bits per heavy atom. The van der Waals surface area contributed by atoms with Gasteiger partial charge in [-0.1, -0.05) is 24.3 Å². The minimum atomic E-state index is -0.258. The van der Waals surface area contributed by atoms with Crippen LogP contribution in [-0.4, -0.2) is 55.3 Å². The van der Waals surface area contributed by atoms with E-state index in [4.69, 9.17) is 9.47 Å². The number of rotatable bonds is 7. The molecule has 2 atom stereocenters. The van der Waals surface area contributed by atoms with Crippen molar-refractivity contribution >= 4 is 17.7 Å². The van der Waals surface area contributed by atoms with Gasteiger partial charge in [-0.05, 0) is 18.9 Å². The summed E-state index contributed by atoms with van der Waals surface area (Å²) in [5, 5.41) is 0. The summed E-state index contributed by atoms with van der Waals surface area (Å²) in [7, 11) is 4.81. The Morgan fingerprint density at radius 1 is 1.11 bits per heavy atom. The fourth-order valence-corrected chi connectivity index (χ4v) is 3.91. The third kappa shape index (κ3) is 3.74. The van der Waals surface area contributed by atoms with Crippen molar-refractivity contribution in [1.82, 2.24) is 9.80 Å². The van der Waals surface area contributed by atoms with Gasteiger partial charge in [-0.2, -0.15) is 0 Å². The number of hydrogen-bond donors (Lipinski definition) is 0. The molecule has 3 rings (SSSR count). The second-order valence-corrected chi connectivity index (χ2v) is 7.14. The van der Waals surface area contributed by atoms with Gasteiger partial charge in [0.1, 0.15) is 0 Å². The normalized spacial score (nSPS) is 20.9. The van der Waals surface area contributed by atoms with Crippen LogP contribution < -0.4 is 9.47 Å². The number of benzene rings is 1. The number of para-hydroxylation sites is 1. The predicted octanol–water partition coefficient (Wildman–Crippen LogP) is 2.00. The number of amides is 3. The number of nitrogens with zero attached hydrogens (tertiary/aromatic N) is 2. The van der Waals surface area contributed by atoms with Gasteiger partial charge in [0, 0.05) is 32.1 Å². The largest absolute Gasteiger partial charge is 0.493 e. The molecule has 7 heteroatoms. The third-order valence-electron chi connectivity index (χ3n) is 5.47. The highest BCUT2D eigenvalue weighted by atomic mass is 16.5. The molecule has 0 aromatic heterocycles. The first kappa shape index (κ1) is 19.9. The molecule has 1 aliphatic carbocycles. The molecule has 150 valence electrons. The number of methoxy groups -OCH3 is 2. The van der Waals surface area contributed by atoms with Crippen molar-refractivity contribution in [3.8, 4) is 11.5 Å². The number of carbonyl (C=O) groups excluding carboxylic acids is 3. The van der Waals surface area contributed by atoms with E-state index in [2.05, 4.69) is 0 Å². The standard InChI is InChI=1S/C21H26N2O5/c1-22(13-14-7-6-10-17(27-2)19(14)28-3)18(24)11-12-23-20(25)15-8-4-5-9-16(15)21(23)26/h4-7,10,15-16H,8-9,11-13H2,1-3H3/t15-,16-/m0/s1. The Bertz CT molecular complexity index is 778. The monoisotopic (exact) mass is 386 g/mol. The van der Waals surface area contributed by atoms with E-state index in [1.807, 2.05) is 24.3 Å². The van der Waals surface area contributed by atoms with Crippen molar-refractivity contribution in [2.45, 2.75) is 25.8 Å². The van der Waals surface area contributed by atoms with E-state index in [0.717, 1.165) is 5.56 Å². The van der Waals surface area contributed by atoms with Gasteiger partial charge in [-0.3, -0.25) is 19.3 Å². The van der Waals surface area contributed by atoms with Crippen LogP contribution in [0, 0.1) is 11.8 Å². The fourth-order valence-electron chi connectivity index (χ4n) is 3.91. The van der Waals surface area contributed by atoms with Crippen molar-refractivity contribution < 1.29 is 23.9 Å². The van der Waals surface area contributed by atoms with E-state index >= 15 is 0 Å². The predicted molar refractivity (Wildman–Crippen MR) is 103 cm³/mol. The third-order valence-corrected chi connectivity index (χ3v) is 5.47. The van der Waals surface area contributed by atoms with Gasteiger partial charge >= 0.3 is 0 Å². The topological polar surface area (TPSA) is 76.2 Å². The Labute approximate surface area is 164 Å². The molecule has 3 amide bonds. The number of imide groups is 1. The molecule has 1 aromatic rings. The van der Waals surface area contributed by atoms with Crippen LogP contribution in [0.25, 0.3) is 0 Å². The lowest BCUT2D eigenvalue weighted by molar-refractivity contribution is -0.140. The first-order valence-electron chi connectivity index (χ1n) is 9.42. The van der Waals surface area contributed by atoms with Crippen molar-refractivity contribution in [1.29, 1.82) is 0 Å². The number of ether oxygens (including phenoxy) is 2. The Balaban J connectivity index is 1.60. The SMILES string of the molecule is COc1cccc(CN(C)C(=O)CCN2C(=O)[C@H]3CC=CC[C@@H]3C2=O)c1OC. The first-order valence-corrected chi connectivity index (χ1v) is 9.42. The highest BCUT2D eigenvalue weighted by molar-refractivity contribution is 6.05. The van der Waals surface area contributed by atoms with Gasteiger partial charge in [0.25, 0.3) is 0 Å². The van der Waals surface area contributed by atoms with Crippen LogP contribution in [0.2, 0.25) is 0 Å². The minimum absolute atomic E-state index is 0.104. The van der Waals surface area contributed by atoms with E-state index < -0.39 is 0 Å². The van der Waals surface area contributed by atoms with Crippen molar-refractivity contribution in [3.05, 3.63) is 35.9 Å². The molecule has 0 radical (unpaired) electrons. The molecule has 1 aliphatic heterocycles. The van der Waals surface area contributed by atoms with Gasteiger partial charge < -0.3 is 14.4 Å². The maximum absolute atomic E-state index is 12.6. The average Bonchev–Trinajstić information content (AvgIpc) is 2.96. The Hall–Kier alpha value is -2.83. The molecule has 2 aliphatic rings. The zero-order chi connectivity index (χ0) is 20.3. The summed E-state index contributed by atoms with van der Waals surface area (Å²) in [6, 6.07) is 5.51. The maximum Gasteiger partial charge on any atom is 0.233 e. The first-order chi connectivity index (χ1) is 13.5. The van der Waals surface area contributed by atoms with Gasteiger partial charge in [0.15, 0.2) is 11.5 Å². The quantitative estimate of drug-likeness (QED) is 0.529. The van der Waals surface area contributed by atoms with E-state index in [9.17, 15) is 14.4 Å². The molecule has 0 saturated carbocycles. The Kier molecular flexibility index (Phi) is 6.02. The van der Waals surface area contributed by atoms with Crippen LogP contribution in [0.3, 0.4) is 0 Å². The van der Waals surface area contributed by atoms with Crippen LogP contribution in [-0.2, 0) is 20.9 Å². The van der Waals surface area contributed by atoms with Crippen LogP contribution in [0.15, 0.2) is 30.4 Å². The van der Waals surface area contributed by atoms with Crippen LogP contribution in [0.1, 0.15) is 24.8 Å². The van der Waals surface area contributed by atoms with E-state index in [1.54, 1.807) is 32.2 Å². The molecule has 0 bridgehead atoms. The van der Waals surface area contributed by atoms with E-state index in [0.29, 0.717) is 30.9 Å². The molecule has 0 spiro atoms. The van der Waals surface area contributed by atoms with Crippen molar-refractivity contribution in [2.75, 3.05) is 27.8 Å². The number of carbonyl (C=O) groups is 3. The molecule has 0 unspecified atom stereocenters. The van der Waals surface area contributed by atoms with Crippen molar-refractivity contribution in [2.24, 2.45) is 11.8 Å². The van der Waals surface area contributed by atoms with Gasteiger partial charge in [0.05, 0.1) is 26.1 Å². The highest BCUT2D eigenvalue weighted by Gasteiger charge is 2.46. The zero-order valence-corrected chi connectivity index (χ0v) is 16.5. The van der Waals surface area contributed by atoms with Gasteiger partial charge in [0.2, 0.25) is 17.7 Å². The van der Waals surface area contributed by atoms with Crippen LogP contribution in [0.5, 0.6) is 11.5 Å². The number of allylic oxidation sites excluding steroid dienone is 2. The molecule has 1 saturated heterocycles. The lowest BCUT2D eigenvalue weighted by atomic mass is 9.85. The summed E-state index contributed by atoms with van der Waals surface area (Å²) in [5.74, 6) is 0.237. The average molecular weight is 386 g/mol. The summed E-state index contributed by atoms with van der Waals surface area (Å²) in [6.07, 6.45) is 5.23. The molecular formula is C21H26N2O5. The van der Waals surface area contributed by atoms with Gasteiger partial charge in [-0.25, -0.2) is 0 Å². The summed E-state index contributed by atoms with van der Waals surface area (Å²) in [6.45, 7) is 0.472. The Morgan fingerprint density at radius 2 is 1.75 bits per heavy atom. The maximum atomic E-state index is 12.6. The summed E-state index contributed by atoms with van der Waals surface area (Å²) < 4.78 is 10.7. The second-order valence-electron chi connectivity index (χ2n) is 7.14. The molecule has 1 fully saturated rings. The summed E-state index contributed by atoms with van der Waals surface area (Å²) in [4.78, 5) is 40.4. The number of hydrogen-bond acceptors (Lipinski definition) is 5. The molecule has 1 heterocycles. The lowest BCUT2D eigenvalue weighted by Gasteiger charge is -2.21. The fraction of sp³-hybridized carbons (Fsp3) is 0.476. The van der Waals surface area contributed by atoms with E-state index in [-0.39, 0.29) is 42.5 Å². The lowest BCUT2D eigenvalue weighted by Crippen LogP contribution is -2.36. The second kappa shape index (κ2) is 8.46. The molecular weight excluding hydrogens is 360 g/mol. The molecule has 1 aromatic carbocycles. The van der Waals surface area contributed by atoms with E-state index in [1.165, 1.54) is 4.90 Å². The van der Waals surface area contributed by atoms with Crippen LogP contribution >= 0.6 is 0 Å².